The molecule has 84 valence electrons. The van der Waals surface area contributed by atoms with Crippen LogP contribution in [0.4, 0.5) is 0 Å². The summed E-state index contributed by atoms with van der Waals surface area (Å²) in [6.07, 6.45) is 3.06. The van der Waals surface area contributed by atoms with Crippen LogP contribution < -0.4 is 0 Å². The standard InChI is InChI=1S/C11H18N2O2/c1-8-4-6-15-11(8)10(14)7-9-3-5-13(2)12-9/h3,5,8,10-11,14H,4,6-7H2,1-2H3. The van der Waals surface area contributed by atoms with E-state index in [4.69, 9.17) is 4.74 Å². The van der Waals surface area contributed by atoms with Gasteiger partial charge in [-0.15, -0.1) is 0 Å². The highest BCUT2D eigenvalue weighted by Crippen LogP contribution is 2.24. The van der Waals surface area contributed by atoms with Gasteiger partial charge in [-0.05, 0) is 18.4 Å². The molecule has 0 bridgehead atoms. The molecule has 4 heteroatoms. The van der Waals surface area contributed by atoms with E-state index in [0.29, 0.717) is 12.3 Å². The first-order chi connectivity index (χ1) is 7.16. The summed E-state index contributed by atoms with van der Waals surface area (Å²) in [4.78, 5) is 0. The molecule has 2 rings (SSSR count). The van der Waals surface area contributed by atoms with Crippen molar-refractivity contribution >= 4 is 0 Å². The molecule has 0 radical (unpaired) electrons. The Morgan fingerprint density at radius 2 is 2.53 bits per heavy atom. The van der Waals surface area contributed by atoms with Gasteiger partial charge in [0.1, 0.15) is 0 Å². The summed E-state index contributed by atoms with van der Waals surface area (Å²) in [6, 6.07) is 1.93. The van der Waals surface area contributed by atoms with Crippen LogP contribution in [0.15, 0.2) is 12.3 Å². The first kappa shape index (κ1) is 10.6. The molecule has 1 aromatic heterocycles. The van der Waals surface area contributed by atoms with Gasteiger partial charge in [-0.25, -0.2) is 0 Å². The highest BCUT2D eigenvalue weighted by molar-refractivity contribution is 5.01. The summed E-state index contributed by atoms with van der Waals surface area (Å²) in [5, 5.41) is 14.3. The molecule has 1 fully saturated rings. The number of aromatic nitrogens is 2. The van der Waals surface area contributed by atoms with Crippen LogP contribution in [0.25, 0.3) is 0 Å². The van der Waals surface area contributed by atoms with Crippen molar-refractivity contribution in [1.29, 1.82) is 0 Å². The zero-order chi connectivity index (χ0) is 10.8. The molecule has 1 saturated heterocycles. The predicted octanol–water partition coefficient (Wildman–Crippen LogP) is 0.748. The Kier molecular flexibility index (Phi) is 3.07. The predicted molar refractivity (Wildman–Crippen MR) is 56.4 cm³/mol. The molecule has 0 spiro atoms. The molecule has 1 aliphatic rings. The van der Waals surface area contributed by atoms with E-state index < -0.39 is 6.10 Å². The quantitative estimate of drug-likeness (QED) is 0.800. The Morgan fingerprint density at radius 1 is 1.73 bits per heavy atom. The molecule has 1 N–H and O–H groups in total. The van der Waals surface area contributed by atoms with Crippen LogP contribution in [0.2, 0.25) is 0 Å². The Labute approximate surface area is 89.9 Å². The fourth-order valence-electron chi connectivity index (χ4n) is 2.11. The summed E-state index contributed by atoms with van der Waals surface area (Å²) in [7, 11) is 1.88. The summed E-state index contributed by atoms with van der Waals surface area (Å²) >= 11 is 0. The van der Waals surface area contributed by atoms with Crippen molar-refractivity contribution in [3.8, 4) is 0 Å². The fourth-order valence-corrected chi connectivity index (χ4v) is 2.11. The van der Waals surface area contributed by atoms with E-state index in [9.17, 15) is 5.11 Å². The van der Waals surface area contributed by atoms with Crippen LogP contribution in [0, 0.1) is 5.92 Å². The van der Waals surface area contributed by atoms with Gasteiger partial charge >= 0.3 is 0 Å². The number of aryl methyl sites for hydroxylation is 1. The van der Waals surface area contributed by atoms with Gasteiger partial charge in [-0.3, -0.25) is 4.68 Å². The minimum atomic E-state index is -0.433. The fraction of sp³-hybridized carbons (Fsp3) is 0.727. The normalized spacial score (nSPS) is 28.2. The van der Waals surface area contributed by atoms with E-state index in [2.05, 4.69) is 12.0 Å². The molecule has 3 unspecified atom stereocenters. The number of hydrogen-bond donors (Lipinski definition) is 1. The van der Waals surface area contributed by atoms with Gasteiger partial charge in [0.05, 0.1) is 17.9 Å². The maximum Gasteiger partial charge on any atom is 0.0864 e. The molecular weight excluding hydrogens is 192 g/mol. The largest absolute Gasteiger partial charge is 0.390 e. The average molecular weight is 210 g/mol. The lowest BCUT2D eigenvalue weighted by atomic mass is 9.97. The van der Waals surface area contributed by atoms with Gasteiger partial charge in [0.25, 0.3) is 0 Å². The van der Waals surface area contributed by atoms with Crippen LogP contribution >= 0.6 is 0 Å². The summed E-state index contributed by atoms with van der Waals surface area (Å²) in [5.41, 5.74) is 0.924. The topological polar surface area (TPSA) is 47.3 Å². The zero-order valence-electron chi connectivity index (χ0n) is 9.26. The van der Waals surface area contributed by atoms with Crippen LogP contribution in [0.1, 0.15) is 19.0 Å². The van der Waals surface area contributed by atoms with Gasteiger partial charge in [0.2, 0.25) is 0 Å². The Balaban J connectivity index is 1.94. The number of rotatable bonds is 3. The third-order valence-electron chi connectivity index (χ3n) is 3.01. The van der Waals surface area contributed by atoms with Crippen LogP contribution in [-0.4, -0.2) is 33.7 Å². The molecule has 1 aromatic rings. The molecule has 1 aliphatic heterocycles. The van der Waals surface area contributed by atoms with Crippen molar-refractivity contribution in [3.05, 3.63) is 18.0 Å². The highest BCUT2D eigenvalue weighted by atomic mass is 16.5. The number of ether oxygens (including phenoxy) is 1. The van der Waals surface area contributed by atoms with E-state index in [-0.39, 0.29) is 6.10 Å². The molecule has 3 atom stereocenters. The molecule has 0 aliphatic carbocycles. The van der Waals surface area contributed by atoms with Gasteiger partial charge in [-0.1, -0.05) is 6.92 Å². The summed E-state index contributed by atoms with van der Waals surface area (Å²) in [6.45, 7) is 2.89. The van der Waals surface area contributed by atoms with Crippen LogP contribution in [-0.2, 0) is 18.2 Å². The second-order valence-corrected chi connectivity index (χ2v) is 4.35. The molecule has 15 heavy (non-hydrogen) atoms. The maximum atomic E-state index is 10.0. The lowest BCUT2D eigenvalue weighted by Crippen LogP contribution is -2.31. The number of nitrogens with zero attached hydrogens (tertiary/aromatic N) is 2. The second-order valence-electron chi connectivity index (χ2n) is 4.35. The molecule has 0 amide bonds. The van der Waals surface area contributed by atoms with E-state index >= 15 is 0 Å². The summed E-state index contributed by atoms with van der Waals surface area (Å²) < 4.78 is 7.27. The van der Waals surface area contributed by atoms with Gasteiger partial charge in [0, 0.05) is 26.3 Å². The smallest absolute Gasteiger partial charge is 0.0864 e. The van der Waals surface area contributed by atoms with Gasteiger partial charge in [0.15, 0.2) is 0 Å². The van der Waals surface area contributed by atoms with Crippen LogP contribution in [0.5, 0.6) is 0 Å². The lowest BCUT2D eigenvalue weighted by Gasteiger charge is -2.20. The van der Waals surface area contributed by atoms with E-state index in [1.807, 2.05) is 19.3 Å². The van der Waals surface area contributed by atoms with E-state index in [0.717, 1.165) is 18.7 Å². The second kappa shape index (κ2) is 4.33. The van der Waals surface area contributed by atoms with E-state index in [1.54, 1.807) is 4.68 Å². The van der Waals surface area contributed by atoms with Crippen molar-refractivity contribution in [2.75, 3.05) is 6.61 Å². The summed E-state index contributed by atoms with van der Waals surface area (Å²) in [5.74, 6) is 0.448. The molecular formula is C11H18N2O2. The molecule has 2 heterocycles. The van der Waals surface area contributed by atoms with Crippen molar-refractivity contribution in [2.45, 2.75) is 32.0 Å². The van der Waals surface area contributed by atoms with Crippen molar-refractivity contribution in [2.24, 2.45) is 13.0 Å². The minimum absolute atomic E-state index is 0.0213. The van der Waals surface area contributed by atoms with Gasteiger partial charge in [-0.2, -0.15) is 5.10 Å². The SMILES string of the molecule is CC1CCOC1C(O)Cc1ccn(C)n1. The Bertz CT molecular complexity index is 324. The maximum absolute atomic E-state index is 10.0. The van der Waals surface area contributed by atoms with Crippen molar-refractivity contribution in [3.63, 3.8) is 0 Å². The zero-order valence-corrected chi connectivity index (χ0v) is 9.26. The Morgan fingerprint density at radius 3 is 3.07 bits per heavy atom. The Hall–Kier alpha value is -0.870. The third-order valence-corrected chi connectivity index (χ3v) is 3.01. The molecule has 0 aromatic carbocycles. The lowest BCUT2D eigenvalue weighted by molar-refractivity contribution is -0.0162. The monoisotopic (exact) mass is 210 g/mol. The van der Waals surface area contributed by atoms with Crippen molar-refractivity contribution in [1.82, 2.24) is 9.78 Å². The highest BCUT2D eigenvalue weighted by Gasteiger charge is 2.31. The first-order valence-corrected chi connectivity index (χ1v) is 5.45. The number of aliphatic hydroxyl groups is 1. The van der Waals surface area contributed by atoms with E-state index in [1.165, 1.54) is 0 Å². The third kappa shape index (κ3) is 2.38. The molecule has 4 nitrogen and oxygen atoms in total. The minimum Gasteiger partial charge on any atom is -0.390 e. The molecule has 0 saturated carbocycles. The average Bonchev–Trinajstić information content (AvgIpc) is 2.75. The van der Waals surface area contributed by atoms with Crippen molar-refractivity contribution < 1.29 is 9.84 Å². The van der Waals surface area contributed by atoms with Crippen LogP contribution in [0.3, 0.4) is 0 Å². The van der Waals surface area contributed by atoms with Gasteiger partial charge < -0.3 is 9.84 Å². The first-order valence-electron chi connectivity index (χ1n) is 5.45. The number of aliphatic hydroxyl groups excluding tert-OH is 1. The number of hydrogen-bond acceptors (Lipinski definition) is 3.